The van der Waals surface area contributed by atoms with E-state index in [1.165, 1.54) is 0 Å². The summed E-state index contributed by atoms with van der Waals surface area (Å²) in [5, 5.41) is 3.14. The van der Waals surface area contributed by atoms with E-state index in [-0.39, 0.29) is 5.54 Å². The molecular formula is C11H17N3. The number of pyridine rings is 1. The van der Waals surface area contributed by atoms with E-state index >= 15 is 0 Å². The third kappa shape index (κ3) is 1.48. The highest BCUT2D eigenvalue weighted by atomic mass is 14.9. The van der Waals surface area contributed by atoms with Crippen molar-refractivity contribution in [2.24, 2.45) is 5.73 Å². The predicted octanol–water partition coefficient (Wildman–Crippen LogP) is 1.63. The summed E-state index contributed by atoms with van der Waals surface area (Å²) in [7, 11) is 1.92. The predicted molar refractivity (Wildman–Crippen MR) is 58.3 cm³/mol. The van der Waals surface area contributed by atoms with Crippen LogP contribution in [-0.2, 0) is 12.0 Å². The van der Waals surface area contributed by atoms with Gasteiger partial charge in [0.05, 0.1) is 22.6 Å². The van der Waals surface area contributed by atoms with Crippen molar-refractivity contribution < 1.29 is 0 Å². The molecule has 2 rings (SSSR count). The van der Waals surface area contributed by atoms with Crippen LogP contribution in [0.4, 0.5) is 5.69 Å². The Labute approximate surface area is 84.7 Å². The van der Waals surface area contributed by atoms with Crippen LogP contribution in [0.5, 0.6) is 0 Å². The number of aryl methyl sites for hydroxylation is 1. The Balaban J connectivity index is 2.36. The summed E-state index contributed by atoms with van der Waals surface area (Å²) in [5.41, 5.74) is 9.26. The minimum atomic E-state index is -0.115. The van der Waals surface area contributed by atoms with Crippen LogP contribution in [0.25, 0.3) is 0 Å². The minimum absolute atomic E-state index is 0.115. The second-order valence-corrected chi connectivity index (χ2v) is 3.95. The second kappa shape index (κ2) is 3.24. The molecule has 1 heterocycles. The third-order valence-corrected chi connectivity index (χ3v) is 2.88. The van der Waals surface area contributed by atoms with Gasteiger partial charge in [0.1, 0.15) is 0 Å². The monoisotopic (exact) mass is 191 g/mol. The van der Waals surface area contributed by atoms with Crippen LogP contribution < -0.4 is 11.1 Å². The molecule has 0 amide bonds. The maximum atomic E-state index is 6.10. The van der Waals surface area contributed by atoms with Gasteiger partial charge < -0.3 is 11.1 Å². The van der Waals surface area contributed by atoms with Crippen molar-refractivity contribution in [1.29, 1.82) is 0 Å². The SMILES string of the molecule is CCc1nc(C2(N)CC2)ccc1NC. The smallest absolute Gasteiger partial charge is 0.0635 e. The van der Waals surface area contributed by atoms with Crippen LogP contribution in [0, 0.1) is 0 Å². The Kier molecular flexibility index (Phi) is 2.19. The zero-order valence-corrected chi connectivity index (χ0v) is 8.80. The largest absolute Gasteiger partial charge is 0.387 e. The van der Waals surface area contributed by atoms with E-state index in [4.69, 9.17) is 5.73 Å². The highest BCUT2D eigenvalue weighted by molar-refractivity contribution is 5.48. The fourth-order valence-electron chi connectivity index (χ4n) is 1.67. The van der Waals surface area contributed by atoms with E-state index in [0.29, 0.717) is 0 Å². The molecule has 0 unspecified atom stereocenters. The zero-order chi connectivity index (χ0) is 10.2. The Morgan fingerprint density at radius 3 is 2.71 bits per heavy atom. The van der Waals surface area contributed by atoms with Gasteiger partial charge in [-0.15, -0.1) is 0 Å². The van der Waals surface area contributed by atoms with E-state index in [1.807, 2.05) is 13.1 Å². The lowest BCUT2D eigenvalue weighted by atomic mass is 10.1. The molecule has 0 aliphatic heterocycles. The van der Waals surface area contributed by atoms with Crippen LogP contribution >= 0.6 is 0 Å². The van der Waals surface area contributed by atoms with Crippen molar-refractivity contribution in [3.8, 4) is 0 Å². The van der Waals surface area contributed by atoms with E-state index in [9.17, 15) is 0 Å². The Morgan fingerprint density at radius 1 is 1.50 bits per heavy atom. The van der Waals surface area contributed by atoms with Gasteiger partial charge in [-0.3, -0.25) is 4.98 Å². The van der Waals surface area contributed by atoms with Crippen LogP contribution in [0.2, 0.25) is 0 Å². The van der Waals surface area contributed by atoms with Gasteiger partial charge in [0.25, 0.3) is 0 Å². The van der Waals surface area contributed by atoms with Crippen LogP contribution in [-0.4, -0.2) is 12.0 Å². The second-order valence-electron chi connectivity index (χ2n) is 3.95. The molecule has 0 bridgehead atoms. The van der Waals surface area contributed by atoms with Gasteiger partial charge in [-0.1, -0.05) is 6.92 Å². The van der Waals surface area contributed by atoms with Crippen LogP contribution in [0.15, 0.2) is 12.1 Å². The topological polar surface area (TPSA) is 50.9 Å². The number of rotatable bonds is 3. The summed E-state index contributed by atoms with van der Waals surface area (Å²) in [6.45, 7) is 2.11. The molecule has 3 N–H and O–H groups in total. The number of nitrogens with one attached hydrogen (secondary N) is 1. The molecule has 76 valence electrons. The average molecular weight is 191 g/mol. The Morgan fingerprint density at radius 2 is 2.21 bits per heavy atom. The van der Waals surface area contributed by atoms with Crippen molar-refractivity contribution in [3.63, 3.8) is 0 Å². The molecular weight excluding hydrogens is 174 g/mol. The minimum Gasteiger partial charge on any atom is -0.387 e. The number of hydrogen-bond donors (Lipinski definition) is 2. The number of anilines is 1. The highest BCUT2D eigenvalue weighted by Gasteiger charge is 2.41. The van der Waals surface area contributed by atoms with E-state index < -0.39 is 0 Å². The average Bonchev–Trinajstić information content (AvgIpc) is 2.97. The van der Waals surface area contributed by atoms with Crippen molar-refractivity contribution in [1.82, 2.24) is 4.98 Å². The number of hydrogen-bond acceptors (Lipinski definition) is 3. The fourth-order valence-corrected chi connectivity index (χ4v) is 1.67. The first kappa shape index (κ1) is 9.46. The quantitative estimate of drug-likeness (QED) is 0.763. The first-order valence-corrected chi connectivity index (χ1v) is 5.16. The number of nitrogens with zero attached hydrogens (tertiary/aromatic N) is 1. The number of nitrogens with two attached hydrogens (primary N) is 1. The molecule has 0 radical (unpaired) electrons. The molecule has 1 aromatic rings. The zero-order valence-electron chi connectivity index (χ0n) is 8.80. The standard InChI is InChI=1S/C11H17N3/c1-3-8-9(13-2)4-5-10(14-8)11(12)6-7-11/h4-5,13H,3,6-7,12H2,1-2H3. The van der Waals surface area contributed by atoms with Crippen molar-refractivity contribution in [2.75, 3.05) is 12.4 Å². The van der Waals surface area contributed by atoms with E-state index in [2.05, 4.69) is 23.3 Å². The third-order valence-electron chi connectivity index (χ3n) is 2.88. The summed E-state index contributed by atoms with van der Waals surface area (Å²) in [5.74, 6) is 0. The normalized spacial score (nSPS) is 17.9. The highest BCUT2D eigenvalue weighted by Crippen LogP contribution is 2.42. The molecule has 0 atom stereocenters. The van der Waals surface area contributed by atoms with Gasteiger partial charge in [-0.2, -0.15) is 0 Å². The first-order valence-electron chi connectivity index (χ1n) is 5.16. The fraction of sp³-hybridized carbons (Fsp3) is 0.545. The van der Waals surface area contributed by atoms with Crippen molar-refractivity contribution in [3.05, 3.63) is 23.5 Å². The van der Waals surface area contributed by atoms with Gasteiger partial charge >= 0.3 is 0 Å². The maximum Gasteiger partial charge on any atom is 0.0635 e. The van der Waals surface area contributed by atoms with Crippen LogP contribution in [0.1, 0.15) is 31.2 Å². The van der Waals surface area contributed by atoms with Gasteiger partial charge in [0.2, 0.25) is 0 Å². The van der Waals surface area contributed by atoms with Crippen molar-refractivity contribution in [2.45, 2.75) is 31.7 Å². The van der Waals surface area contributed by atoms with Gasteiger partial charge in [-0.05, 0) is 31.4 Å². The molecule has 1 aromatic heterocycles. The molecule has 0 saturated heterocycles. The molecule has 3 heteroatoms. The molecule has 0 aromatic carbocycles. The summed E-state index contributed by atoms with van der Waals surface area (Å²) in [6, 6.07) is 4.12. The molecule has 1 fully saturated rings. The van der Waals surface area contributed by atoms with Gasteiger partial charge in [0.15, 0.2) is 0 Å². The number of aromatic nitrogens is 1. The Bertz CT molecular complexity index is 342. The summed E-state index contributed by atoms with van der Waals surface area (Å²) in [6.07, 6.45) is 3.09. The molecule has 1 saturated carbocycles. The molecule has 3 nitrogen and oxygen atoms in total. The lowest BCUT2D eigenvalue weighted by molar-refractivity contribution is 0.701. The van der Waals surface area contributed by atoms with Crippen LogP contribution in [0.3, 0.4) is 0 Å². The van der Waals surface area contributed by atoms with Gasteiger partial charge in [-0.25, -0.2) is 0 Å². The summed E-state index contributed by atoms with van der Waals surface area (Å²) < 4.78 is 0. The summed E-state index contributed by atoms with van der Waals surface area (Å²) >= 11 is 0. The molecule has 14 heavy (non-hydrogen) atoms. The molecule has 1 aliphatic rings. The maximum absolute atomic E-state index is 6.10. The lowest BCUT2D eigenvalue weighted by Gasteiger charge is -2.12. The molecule has 0 spiro atoms. The Hall–Kier alpha value is -1.09. The summed E-state index contributed by atoms with van der Waals surface area (Å²) in [4.78, 5) is 4.61. The molecule has 1 aliphatic carbocycles. The first-order chi connectivity index (χ1) is 6.69. The lowest BCUT2D eigenvalue weighted by Crippen LogP contribution is -2.21. The van der Waals surface area contributed by atoms with E-state index in [1.54, 1.807) is 0 Å². The van der Waals surface area contributed by atoms with Crippen molar-refractivity contribution >= 4 is 5.69 Å². The van der Waals surface area contributed by atoms with Gasteiger partial charge in [0, 0.05) is 7.05 Å². The van der Waals surface area contributed by atoms with E-state index in [0.717, 1.165) is 36.3 Å².